The van der Waals surface area contributed by atoms with E-state index in [9.17, 15) is 14.7 Å². The minimum atomic E-state index is -0.546. The van der Waals surface area contributed by atoms with Crippen molar-refractivity contribution in [2.75, 3.05) is 13.1 Å². The summed E-state index contributed by atoms with van der Waals surface area (Å²) in [6, 6.07) is 6.67. The zero-order valence-corrected chi connectivity index (χ0v) is 13.9. The van der Waals surface area contributed by atoms with Crippen LogP contribution < -0.4 is 5.32 Å². The minimum absolute atomic E-state index is 0.110. The number of nitrogens with zero attached hydrogens (tertiary/aromatic N) is 1. The fourth-order valence-corrected chi connectivity index (χ4v) is 3.01. The van der Waals surface area contributed by atoms with Crippen LogP contribution in [0.3, 0.4) is 0 Å². The number of piperidine rings is 1. The molecule has 1 saturated heterocycles. The van der Waals surface area contributed by atoms with Crippen LogP contribution in [0.4, 0.5) is 0 Å². The van der Waals surface area contributed by atoms with Crippen LogP contribution in [0, 0.1) is 0 Å². The smallest absolute Gasteiger partial charge is 0.254 e. The van der Waals surface area contributed by atoms with Gasteiger partial charge in [-0.25, -0.2) is 0 Å². The van der Waals surface area contributed by atoms with Crippen LogP contribution in [0.5, 0.6) is 0 Å². The molecule has 2 rings (SSSR count). The number of aliphatic hydroxyl groups excluding tert-OH is 1. The van der Waals surface area contributed by atoms with Gasteiger partial charge in [0.2, 0.25) is 0 Å². The van der Waals surface area contributed by atoms with E-state index >= 15 is 0 Å². The van der Waals surface area contributed by atoms with Gasteiger partial charge in [0.25, 0.3) is 11.8 Å². The van der Waals surface area contributed by atoms with Gasteiger partial charge in [0.1, 0.15) is 0 Å². The largest absolute Gasteiger partial charge is 0.391 e. The average molecular weight is 318 g/mol. The molecule has 2 unspecified atom stereocenters. The normalized spacial score (nSPS) is 19.3. The predicted octanol–water partition coefficient (Wildman–Crippen LogP) is 2.20. The number of hydrogen-bond donors (Lipinski definition) is 2. The molecular weight excluding hydrogens is 292 g/mol. The third kappa shape index (κ3) is 4.32. The van der Waals surface area contributed by atoms with Crippen LogP contribution in [0.1, 0.15) is 60.2 Å². The van der Waals surface area contributed by atoms with E-state index in [1.165, 1.54) is 0 Å². The van der Waals surface area contributed by atoms with Crippen LogP contribution >= 0.6 is 0 Å². The summed E-state index contributed by atoms with van der Waals surface area (Å²) in [5.74, 6) is -0.270. The molecule has 1 aliphatic rings. The van der Waals surface area contributed by atoms with E-state index in [1.54, 1.807) is 36.1 Å². The summed E-state index contributed by atoms with van der Waals surface area (Å²) in [7, 11) is 0. The first-order valence-electron chi connectivity index (χ1n) is 8.42. The molecule has 2 N–H and O–H groups in total. The van der Waals surface area contributed by atoms with Crippen molar-refractivity contribution in [1.82, 2.24) is 10.2 Å². The standard InChI is InChI=1S/C18H26N2O3/c1-3-10-19-17(22)14-7-6-8-15(12-14)18(23)20-11-5-4-9-16(20)13(2)21/h6-8,12-13,16,21H,3-5,9-11H2,1-2H3,(H,19,22). The molecule has 0 saturated carbocycles. The van der Waals surface area contributed by atoms with E-state index in [4.69, 9.17) is 0 Å². The number of rotatable bonds is 5. The summed E-state index contributed by atoms with van der Waals surface area (Å²) in [5.41, 5.74) is 0.997. The van der Waals surface area contributed by atoms with E-state index in [2.05, 4.69) is 5.32 Å². The third-order valence-electron chi connectivity index (χ3n) is 4.27. The molecule has 1 fully saturated rings. The molecule has 1 aromatic rings. The van der Waals surface area contributed by atoms with Crippen LogP contribution in [0.25, 0.3) is 0 Å². The molecule has 0 radical (unpaired) electrons. The number of amides is 2. The monoisotopic (exact) mass is 318 g/mol. The number of aliphatic hydroxyl groups is 1. The van der Waals surface area contributed by atoms with Crippen molar-refractivity contribution in [1.29, 1.82) is 0 Å². The number of likely N-dealkylation sites (tertiary alicyclic amines) is 1. The van der Waals surface area contributed by atoms with Gasteiger partial charge in [0.05, 0.1) is 12.1 Å². The highest BCUT2D eigenvalue weighted by atomic mass is 16.3. The van der Waals surface area contributed by atoms with E-state index in [0.29, 0.717) is 24.2 Å². The minimum Gasteiger partial charge on any atom is -0.391 e. The molecule has 1 heterocycles. The number of benzene rings is 1. The van der Waals surface area contributed by atoms with Crippen LogP contribution in [0.2, 0.25) is 0 Å². The topological polar surface area (TPSA) is 69.6 Å². The van der Waals surface area contributed by atoms with Crippen molar-refractivity contribution >= 4 is 11.8 Å². The SMILES string of the molecule is CCCNC(=O)c1cccc(C(=O)N2CCCCC2C(C)O)c1. The lowest BCUT2D eigenvalue weighted by Gasteiger charge is -2.37. The molecule has 0 aromatic heterocycles. The average Bonchev–Trinajstić information content (AvgIpc) is 2.59. The first-order chi connectivity index (χ1) is 11.0. The second-order valence-corrected chi connectivity index (χ2v) is 6.14. The fourth-order valence-electron chi connectivity index (χ4n) is 3.01. The van der Waals surface area contributed by atoms with E-state index in [0.717, 1.165) is 25.7 Å². The van der Waals surface area contributed by atoms with Crippen LogP contribution in [-0.2, 0) is 0 Å². The first kappa shape index (κ1) is 17.5. The molecule has 0 aliphatic carbocycles. The number of nitrogens with one attached hydrogen (secondary N) is 1. The van der Waals surface area contributed by atoms with Gasteiger partial charge >= 0.3 is 0 Å². The second kappa shape index (κ2) is 8.11. The van der Waals surface area contributed by atoms with Gasteiger partial charge in [0, 0.05) is 24.2 Å². The highest BCUT2D eigenvalue weighted by molar-refractivity contribution is 5.99. The lowest BCUT2D eigenvalue weighted by Crippen LogP contribution is -2.48. The van der Waals surface area contributed by atoms with Gasteiger partial charge in [0.15, 0.2) is 0 Å². The lowest BCUT2D eigenvalue weighted by molar-refractivity contribution is 0.0281. The van der Waals surface area contributed by atoms with Gasteiger partial charge in [-0.3, -0.25) is 9.59 Å². The highest BCUT2D eigenvalue weighted by Crippen LogP contribution is 2.22. The summed E-state index contributed by atoms with van der Waals surface area (Å²) in [6.07, 6.45) is 3.12. The quantitative estimate of drug-likeness (QED) is 0.874. The molecule has 2 amide bonds. The number of hydrogen-bond acceptors (Lipinski definition) is 3. The van der Waals surface area contributed by atoms with Crippen LogP contribution in [0.15, 0.2) is 24.3 Å². The van der Waals surface area contributed by atoms with Crippen molar-refractivity contribution in [2.45, 2.75) is 51.7 Å². The fraction of sp³-hybridized carbons (Fsp3) is 0.556. The van der Waals surface area contributed by atoms with Crippen molar-refractivity contribution in [3.8, 4) is 0 Å². The van der Waals surface area contributed by atoms with Crippen molar-refractivity contribution in [3.63, 3.8) is 0 Å². The van der Waals surface area contributed by atoms with E-state index in [1.807, 2.05) is 6.92 Å². The number of carbonyl (C=O) groups excluding carboxylic acids is 2. The summed E-state index contributed by atoms with van der Waals surface area (Å²) >= 11 is 0. The molecule has 0 spiro atoms. The maximum absolute atomic E-state index is 12.8. The van der Waals surface area contributed by atoms with Gasteiger partial charge in [-0.2, -0.15) is 0 Å². The molecule has 5 heteroatoms. The molecule has 2 atom stereocenters. The Morgan fingerprint density at radius 2 is 2.09 bits per heavy atom. The molecule has 5 nitrogen and oxygen atoms in total. The van der Waals surface area contributed by atoms with Crippen molar-refractivity contribution in [3.05, 3.63) is 35.4 Å². The Bertz CT molecular complexity index is 557. The zero-order valence-electron chi connectivity index (χ0n) is 13.9. The Kier molecular flexibility index (Phi) is 6.16. The molecule has 126 valence electrons. The van der Waals surface area contributed by atoms with Gasteiger partial charge in [-0.05, 0) is 50.8 Å². The Morgan fingerprint density at radius 1 is 1.35 bits per heavy atom. The van der Waals surface area contributed by atoms with Crippen molar-refractivity contribution in [2.24, 2.45) is 0 Å². The Labute approximate surface area is 137 Å². The molecule has 1 aromatic carbocycles. The summed E-state index contributed by atoms with van der Waals surface area (Å²) in [6.45, 7) is 4.99. The maximum Gasteiger partial charge on any atom is 0.254 e. The Balaban J connectivity index is 2.17. The van der Waals surface area contributed by atoms with Crippen molar-refractivity contribution < 1.29 is 14.7 Å². The predicted molar refractivity (Wildman–Crippen MR) is 89.4 cm³/mol. The molecule has 0 bridgehead atoms. The van der Waals surface area contributed by atoms with Crippen LogP contribution in [-0.4, -0.2) is 47.1 Å². The van der Waals surface area contributed by atoms with E-state index in [-0.39, 0.29) is 17.9 Å². The van der Waals surface area contributed by atoms with Gasteiger partial charge in [-0.1, -0.05) is 13.0 Å². The molecule has 1 aliphatic heterocycles. The Morgan fingerprint density at radius 3 is 2.78 bits per heavy atom. The first-order valence-corrected chi connectivity index (χ1v) is 8.42. The lowest BCUT2D eigenvalue weighted by atomic mass is 9.96. The summed E-state index contributed by atoms with van der Waals surface area (Å²) in [5, 5.41) is 12.7. The number of carbonyl (C=O) groups is 2. The molecule has 23 heavy (non-hydrogen) atoms. The maximum atomic E-state index is 12.8. The van der Waals surface area contributed by atoms with Gasteiger partial charge in [-0.15, -0.1) is 0 Å². The zero-order chi connectivity index (χ0) is 16.8. The van der Waals surface area contributed by atoms with Gasteiger partial charge < -0.3 is 15.3 Å². The highest BCUT2D eigenvalue weighted by Gasteiger charge is 2.30. The summed E-state index contributed by atoms with van der Waals surface area (Å²) < 4.78 is 0. The summed E-state index contributed by atoms with van der Waals surface area (Å²) in [4.78, 5) is 26.6. The second-order valence-electron chi connectivity index (χ2n) is 6.14. The molecular formula is C18H26N2O3. The third-order valence-corrected chi connectivity index (χ3v) is 4.27. The van der Waals surface area contributed by atoms with E-state index < -0.39 is 6.10 Å². The Hall–Kier alpha value is -1.88.